The van der Waals surface area contributed by atoms with Gasteiger partial charge in [-0.25, -0.2) is 0 Å². The average molecular weight is 353 g/mol. The second-order valence-electron chi connectivity index (χ2n) is 7.64. The first-order valence-electron chi connectivity index (χ1n) is 9.66. The number of amides is 2. The standard InChI is InChI=1S/C21H27N3O2/c1-24(18-7-3-2-4-8-18)19(25)16-9-11-17(12-10-16)23-20(26)21(15-22)13-5-6-14-21/h9-12,18H,2-8,13-14H2,1H3,(H,23,26). The largest absolute Gasteiger partial charge is 0.339 e. The topological polar surface area (TPSA) is 73.2 Å². The Morgan fingerprint density at radius 2 is 1.69 bits per heavy atom. The zero-order valence-electron chi connectivity index (χ0n) is 15.5. The van der Waals surface area contributed by atoms with Crippen molar-refractivity contribution in [2.45, 2.75) is 63.8 Å². The molecule has 2 aliphatic rings. The average Bonchev–Trinajstić information content (AvgIpc) is 3.18. The molecule has 0 saturated heterocycles. The predicted octanol–water partition coefficient (Wildman–Crippen LogP) is 4.11. The van der Waals surface area contributed by atoms with Crippen LogP contribution in [0.4, 0.5) is 5.69 Å². The summed E-state index contributed by atoms with van der Waals surface area (Å²) in [4.78, 5) is 27.0. The van der Waals surface area contributed by atoms with Gasteiger partial charge in [0, 0.05) is 24.3 Å². The molecule has 0 unspecified atom stereocenters. The summed E-state index contributed by atoms with van der Waals surface area (Å²) in [5.41, 5.74) is 0.371. The summed E-state index contributed by atoms with van der Waals surface area (Å²) in [5, 5.41) is 12.3. The molecule has 0 heterocycles. The number of benzene rings is 1. The van der Waals surface area contributed by atoms with Crippen LogP contribution in [0.5, 0.6) is 0 Å². The summed E-state index contributed by atoms with van der Waals surface area (Å²) >= 11 is 0. The lowest BCUT2D eigenvalue weighted by Crippen LogP contribution is -2.38. The van der Waals surface area contributed by atoms with Crippen LogP contribution < -0.4 is 5.32 Å². The molecule has 0 spiro atoms. The normalized spacial score (nSPS) is 19.5. The lowest BCUT2D eigenvalue weighted by molar-refractivity contribution is -0.122. The van der Waals surface area contributed by atoms with E-state index < -0.39 is 5.41 Å². The van der Waals surface area contributed by atoms with Crippen molar-refractivity contribution in [3.05, 3.63) is 29.8 Å². The van der Waals surface area contributed by atoms with Gasteiger partial charge in [0.15, 0.2) is 0 Å². The Morgan fingerprint density at radius 3 is 2.27 bits per heavy atom. The zero-order valence-corrected chi connectivity index (χ0v) is 15.5. The number of nitriles is 1. The number of carbonyl (C=O) groups excluding carboxylic acids is 2. The molecular formula is C21H27N3O2. The Kier molecular flexibility index (Phi) is 5.61. The molecule has 2 fully saturated rings. The van der Waals surface area contributed by atoms with Gasteiger partial charge in [0.05, 0.1) is 6.07 Å². The lowest BCUT2D eigenvalue weighted by atomic mass is 9.87. The number of rotatable bonds is 4. The van der Waals surface area contributed by atoms with Crippen LogP contribution in [0.25, 0.3) is 0 Å². The molecule has 26 heavy (non-hydrogen) atoms. The van der Waals surface area contributed by atoms with Crippen molar-refractivity contribution in [3.63, 3.8) is 0 Å². The fourth-order valence-corrected chi connectivity index (χ4v) is 4.15. The summed E-state index contributed by atoms with van der Waals surface area (Å²) in [6.45, 7) is 0. The van der Waals surface area contributed by atoms with E-state index in [0.29, 0.717) is 30.1 Å². The molecular weight excluding hydrogens is 326 g/mol. The molecule has 1 aromatic rings. The van der Waals surface area contributed by atoms with Crippen molar-refractivity contribution < 1.29 is 9.59 Å². The molecule has 5 heteroatoms. The minimum Gasteiger partial charge on any atom is -0.339 e. The highest BCUT2D eigenvalue weighted by Gasteiger charge is 2.41. The summed E-state index contributed by atoms with van der Waals surface area (Å²) in [5.74, 6) is -0.199. The van der Waals surface area contributed by atoms with E-state index in [1.165, 1.54) is 19.3 Å². The third-order valence-electron chi connectivity index (χ3n) is 5.94. The van der Waals surface area contributed by atoms with Crippen LogP contribution in [0.2, 0.25) is 0 Å². The van der Waals surface area contributed by atoms with Gasteiger partial charge in [-0.3, -0.25) is 9.59 Å². The summed E-state index contributed by atoms with van der Waals surface area (Å²) in [7, 11) is 1.88. The molecule has 1 N–H and O–H groups in total. The van der Waals surface area contributed by atoms with E-state index in [0.717, 1.165) is 25.7 Å². The highest BCUT2D eigenvalue weighted by molar-refractivity contribution is 5.98. The van der Waals surface area contributed by atoms with Gasteiger partial charge in [0.1, 0.15) is 5.41 Å². The molecule has 2 aliphatic carbocycles. The number of anilines is 1. The third-order valence-corrected chi connectivity index (χ3v) is 5.94. The molecule has 5 nitrogen and oxygen atoms in total. The smallest absolute Gasteiger partial charge is 0.253 e. The highest BCUT2D eigenvalue weighted by Crippen LogP contribution is 2.38. The minimum absolute atomic E-state index is 0.0269. The molecule has 0 atom stereocenters. The second kappa shape index (κ2) is 7.90. The molecule has 0 aromatic heterocycles. The quantitative estimate of drug-likeness (QED) is 0.885. The first kappa shape index (κ1) is 18.4. The Hall–Kier alpha value is -2.35. The van der Waals surface area contributed by atoms with E-state index in [4.69, 9.17) is 0 Å². The first-order chi connectivity index (χ1) is 12.6. The fourth-order valence-electron chi connectivity index (χ4n) is 4.15. The van der Waals surface area contributed by atoms with E-state index in [9.17, 15) is 14.9 Å². The van der Waals surface area contributed by atoms with Gasteiger partial charge in [-0.15, -0.1) is 0 Å². The van der Waals surface area contributed by atoms with Crippen LogP contribution in [-0.2, 0) is 4.79 Å². The maximum atomic E-state index is 12.7. The number of hydrogen-bond donors (Lipinski definition) is 1. The van der Waals surface area contributed by atoms with Crippen LogP contribution in [0.1, 0.15) is 68.1 Å². The molecule has 138 valence electrons. The van der Waals surface area contributed by atoms with Crippen LogP contribution in [0, 0.1) is 16.7 Å². The van der Waals surface area contributed by atoms with E-state index in [1.807, 2.05) is 11.9 Å². The Morgan fingerprint density at radius 1 is 1.08 bits per heavy atom. The zero-order chi connectivity index (χ0) is 18.6. The number of carbonyl (C=O) groups is 2. The maximum Gasteiger partial charge on any atom is 0.253 e. The number of nitrogens with zero attached hydrogens (tertiary/aromatic N) is 2. The van der Waals surface area contributed by atoms with Gasteiger partial charge in [-0.1, -0.05) is 32.1 Å². The van der Waals surface area contributed by atoms with E-state index >= 15 is 0 Å². The van der Waals surface area contributed by atoms with Crippen LogP contribution in [-0.4, -0.2) is 29.8 Å². The van der Waals surface area contributed by atoms with E-state index in [2.05, 4.69) is 11.4 Å². The van der Waals surface area contributed by atoms with Gasteiger partial charge in [0.25, 0.3) is 5.91 Å². The van der Waals surface area contributed by atoms with Crippen molar-refractivity contribution in [2.75, 3.05) is 12.4 Å². The first-order valence-corrected chi connectivity index (χ1v) is 9.66. The number of nitrogens with one attached hydrogen (secondary N) is 1. The fraction of sp³-hybridized carbons (Fsp3) is 0.571. The second-order valence-corrected chi connectivity index (χ2v) is 7.64. The van der Waals surface area contributed by atoms with Crippen molar-refractivity contribution in [1.82, 2.24) is 4.90 Å². The van der Waals surface area contributed by atoms with Crippen molar-refractivity contribution in [3.8, 4) is 6.07 Å². The van der Waals surface area contributed by atoms with E-state index in [-0.39, 0.29) is 11.8 Å². The summed E-state index contributed by atoms with van der Waals surface area (Å²) in [6, 6.07) is 9.54. The summed E-state index contributed by atoms with van der Waals surface area (Å²) < 4.78 is 0. The Labute approximate surface area is 155 Å². The van der Waals surface area contributed by atoms with Crippen LogP contribution >= 0.6 is 0 Å². The van der Waals surface area contributed by atoms with Gasteiger partial charge in [-0.2, -0.15) is 5.26 Å². The third kappa shape index (κ3) is 3.75. The molecule has 1 aromatic carbocycles. The van der Waals surface area contributed by atoms with Gasteiger partial charge in [-0.05, 0) is 49.9 Å². The summed E-state index contributed by atoms with van der Waals surface area (Å²) in [6.07, 6.45) is 8.87. The van der Waals surface area contributed by atoms with Crippen LogP contribution in [0.3, 0.4) is 0 Å². The molecule has 3 rings (SSSR count). The van der Waals surface area contributed by atoms with Crippen molar-refractivity contribution in [1.29, 1.82) is 5.26 Å². The number of hydrogen-bond acceptors (Lipinski definition) is 3. The molecule has 0 aliphatic heterocycles. The minimum atomic E-state index is -0.893. The molecule has 2 amide bonds. The molecule has 0 bridgehead atoms. The van der Waals surface area contributed by atoms with E-state index in [1.54, 1.807) is 24.3 Å². The van der Waals surface area contributed by atoms with Gasteiger partial charge >= 0.3 is 0 Å². The van der Waals surface area contributed by atoms with Crippen molar-refractivity contribution in [2.24, 2.45) is 5.41 Å². The SMILES string of the molecule is CN(C(=O)c1ccc(NC(=O)C2(C#N)CCCC2)cc1)C1CCCCC1. The lowest BCUT2D eigenvalue weighted by Gasteiger charge is -2.31. The van der Waals surface area contributed by atoms with Crippen LogP contribution in [0.15, 0.2) is 24.3 Å². The Balaban J connectivity index is 1.63. The van der Waals surface area contributed by atoms with Crippen molar-refractivity contribution >= 4 is 17.5 Å². The molecule has 2 saturated carbocycles. The highest BCUT2D eigenvalue weighted by atomic mass is 16.2. The van der Waals surface area contributed by atoms with Gasteiger partial charge in [0.2, 0.25) is 5.91 Å². The molecule has 0 radical (unpaired) electrons. The maximum absolute atomic E-state index is 12.7. The van der Waals surface area contributed by atoms with Gasteiger partial charge < -0.3 is 10.2 Å². The monoisotopic (exact) mass is 353 g/mol. The predicted molar refractivity (Wildman–Crippen MR) is 101 cm³/mol. The Bertz CT molecular complexity index is 693.